The summed E-state index contributed by atoms with van der Waals surface area (Å²) in [6, 6.07) is 4.02. The van der Waals surface area contributed by atoms with Crippen LogP contribution in [0.1, 0.15) is 32.1 Å². The van der Waals surface area contributed by atoms with E-state index in [0.29, 0.717) is 17.6 Å². The van der Waals surface area contributed by atoms with Gasteiger partial charge in [-0.15, -0.1) is 0 Å². The first kappa shape index (κ1) is 11.7. The smallest absolute Gasteiger partial charge is 0.146 e. The van der Waals surface area contributed by atoms with Crippen LogP contribution in [0, 0.1) is 35.3 Å². The van der Waals surface area contributed by atoms with Crippen molar-refractivity contribution in [3.63, 3.8) is 0 Å². The summed E-state index contributed by atoms with van der Waals surface area (Å²) in [5.41, 5.74) is 0.340. The minimum atomic E-state index is -0.370. The second kappa shape index (κ2) is 4.19. The maximum absolute atomic E-state index is 13.7. The van der Waals surface area contributed by atoms with Crippen molar-refractivity contribution in [3.8, 4) is 0 Å². The molecule has 1 N–H and O–H groups in total. The third-order valence-corrected chi connectivity index (χ3v) is 5.70. The highest BCUT2D eigenvalue weighted by Crippen LogP contribution is 2.59. The van der Waals surface area contributed by atoms with Crippen LogP contribution in [0.5, 0.6) is 0 Å². The number of hydrogen-bond donors (Lipinski definition) is 1. The first-order chi connectivity index (χ1) is 9.22. The average molecular weight is 263 g/mol. The lowest BCUT2D eigenvalue weighted by Gasteiger charge is -2.32. The number of benzene rings is 1. The molecular formula is C16H19F2N. The summed E-state index contributed by atoms with van der Waals surface area (Å²) in [6.07, 6.45) is 6.54. The second-order valence-corrected chi connectivity index (χ2v) is 6.53. The summed E-state index contributed by atoms with van der Waals surface area (Å²) in [6.45, 7) is 0. The molecule has 0 amide bonds. The van der Waals surface area contributed by atoms with E-state index >= 15 is 0 Å². The van der Waals surface area contributed by atoms with E-state index in [1.54, 1.807) is 0 Å². The number of nitrogens with one attached hydrogen (secondary N) is 1. The van der Waals surface area contributed by atoms with Gasteiger partial charge in [-0.3, -0.25) is 0 Å². The quantitative estimate of drug-likeness (QED) is 0.843. The fraction of sp³-hybridized carbons (Fsp3) is 0.625. The first-order valence-electron chi connectivity index (χ1n) is 7.44. The second-order valence-electron chi connectivity index (χ2n) is 6.53. The Balaban J connectivity index is 1.54. The summed E-state index contributed by atoms with van der Waals surface area (Å²) in [5.74, 6) is 2.57. The van der Waals surface area contributed by atoms with Crippen LogP contribution in [-0.4, -0.2) is 6.04 Å². The summed E-state index contributed by atoms with van der Waals surface area (Å²) in [4.78, 5) is 0. The number of rotatable bonds is 2. The van der Waals surface area contributed by atoms with Gasteiger partial charge in [0.2, 0.25) is 0 Å². The van der Waals surface area contributed by atoms with Gasteiger partial charge in [-0.05, 0) is 67.6 Å². The number of hydrogen-bond acceptors (Lipinski definition) is 1. The van der Waals surface area contributed by atoms with Crippen molar-refractivity contribution in [1.29, 1.82) is 0 Å². The van der Waals surface area contributed by atoms with E-state index in [9.17, 15) is 8.78 Å². The zero-order valence-electron chi connectivity index (χ0n) is 10.9. The fourth-order valence-electron chi connectivity index (χ4n) is 5.04. The van der Waals surface area contributed by atoms with E-state index < -0.39 is 0 Å². The Morgan fingerprint density at radius 2 is 1.84 bits per heavy atom. The van der Waals surface area contributed by atoms with E-state index in [2.05, 4.69) is 5.32 Å². The van der Waals surface area contributed by atoms with E-state index in [1.807, 2.05) is 0 Å². The highest BCUT2D eigenvalue weighted by Gasteiger charge is 2.53. The van der Waals surface area contributed by atoms with Gasteiger partial charge in [0.1, 0.15) is 11.6 Å². The van der Waals surface area contributed by atoms with Gasteiger partial charge in [0, 0.05) is 6.04 Å². The van der Waals surface area contributed by atoms with Gasteiger partial charge in [0.25, 0.3) is 0 Å². The molecule has 0 heterocycles. The molecule has 3 aliphatic carbocycles. The highest BCUT2D eigenvalue weighted by atomic mass is 19.1. The molecule has 5 atom stereocenters. The van der Waals surface area contributed by atoms with Gasteiger partial charge < -0.3 is 5.32 Å². The van der Waals surface area contributed by atoms with Crippen LogP contribution in [0.3, 0.4) is 0 Å². The van der Waals surface area contributed by atoms with E-state index in [4.69, 9.17) is 0 Å². The predicted octanol–water partition coefficient (Wildman–Crippen LogP) is 4.20. The molecule has 102 valence electrons. The molecule has 1 aromatic rings. The van der Waals surface area contributed by atoms with Gasteiger partial charge in [-0.25, -0.2) is 8.78 Å². The molecule has 3 fully saturated rings. The van der Waals surface area contributed by atoms with Crippen molar-refractivity contribution in [2.75, 3.05) is 5.32 Å². The highest BCUT2D eigenvalue weighted by molar-refractivity contribution is 5.46. The lowest BCUT2D eigenvalue weighted by Crippen LogP contribution is -2.34. The number of anilines is 1. The molecule has 3 aliphatic rings. The first-order valence-corrected chi connectivity index (χ1v) is 7.44. The minimum Gasteiger partial charge on any atom is -0.380 e. The molecule has 5 unspecified atom stereocenters. The van der Waals surface area contributed by atoms with Crippen molar-refractivity contribution >= 4 is 5.69 Å². The van der Waals surface area contributed by atoms with Gasteiger partial charge in [0.15, 0.2) is 0 Å². The predicted molar refractivity (Wildman–Crippen MR) is 70.8 cm³/mol. The van der Waals surface area contributed by atoms with Crippen LogP contribution in [0.4, 0.5) is 14.5 Å². The van der Waals surface area contributed by atoms with Gasteiger partial charge in [0.05, 0.1) is 5.69 Å². The Morgan fingerprint density at radius 3 is 2.74 bits per heavy atom. The molecule has 1 nitrogen and oxygen atoms in total. The van der Waals surface area contributed by atoms with Crippen molar-refractivity contribution in [2.45, 2.75) is 38.1 Å². The summed E-state index contributed by atoms with van der Waals surface area (Å²) < 4.78 is 26.9. The average Bonchev–Trinajstić information content (AvgIpc) is 3.05. The van der Waals surface area contributed by atoms with Crippen LogP contribution in [-0.2, 0) is 0 Å². The minimum absolute atomic E-state index is 0.340. The molecule has 0 aliphatic heterocycles. The van der Waals surface area contributed by atoms with Crippen LogP contribution >= 0.6 is 0 Å². The van der Waals surface area contributed by atoms with Crippen LogP contribution < -0.4 is 5.32 Å². The van der Waals surface area contributed by atoms with Gasteiger partial charge in [-0.1, -0.05) is 6.42 Å². The zero-order chi connectivity index (χ0) is 13.0. The van der Waals surface area contributed by atoms with E-state index in [1.165, 1.54) is 43.9 Å². The molecule has 0 radical (unpaired) electrons. The maximum atomic E-state index is 13.7. The topological polar surface area (TPSA) is 12.0 Å². The van der Waals surface area contributed by atoms with Gasteiger partial charge in [-0.2, -0.15) is 0 Å². The van der Waals surface area contributed by atoms with Crippen LogP contribution in [0.25, 0.3) is 0 Å². The largest absolute Gasteiger partial charge is 0.380 e. The molecule has 4 rings (SSSR count). The lowest BCUT2D eigenvalue weighted by atomic mass is 9.79. The normalized spacial score (nSPS) is 39.6. The molecule has 2 bridgehead atoms. The standard InChI is InChI=1S/C16H19F2N/c17-10-4-5-14(18)16(8-10)19-15-7-9-6-13(15)12-3-1-2-11(9)12/h4-5,8-9,11-13,15,19H,1-3,6-7H2. The Kier molecular flexibility index (Phi) is 2.58. The summed E-state index contributed by atoms with van der Waals surface area (Å²) in [7, 11) is 0. The zero-order valence-corrected chi connectivity index (χ0v) is 10.9. The molecule has 1 aromatic carbocycles. The Labute approximate surface area is 112 Å². The Hall–Kier alpha value is -1.12. The number of halogens is 2. The Morgan fingerprint density at radius 1 is 1.00 bits per heavy atom. The van der Waals surface area contributed by atoms with Crippen molar-refractivity contribution in [1.82, 2.24) is 0 Å². The van der Waals surface area contributed by atoms with E-state index in [0.717, 1.165) is 24.2 Å². The molecule has 0 aromatic heterocycles. The molecule has 3 heteroatoms. The van der Waals surface area contributed by atoms with Crippen LogP contribution in [0.2, 0.25) is 0 Å². The lowest BCUT2D eigenvalue weighted by molar-refractivity contribution is 0.243. The van der Waals surface area contributed by atoms with E-state index in [-0.39, 0.29) is 11.6 Å². The summed E-state index contributed by atoms with van der Waals surface area (Å²) >= 11 is 0. The third-order valence-electron chi connectivity index (χ3n) is 5.70. The summed E-state index contributed by atoms with van der Waals surface area (Å²) in [5, 5.41) is 3.28. The van der Waals surface area contributed by atoms with Crippen molar-refractivity contribution in [3.05, 3.63) is 29.8 Å². The van der Waals surface area contributed by atoms with Crippen LogP contribution in [0.15, 0.2) is 18.2 Å². The molecule has 19 heavy (non-hydrogen) atoms. The monoisotopic (exact) mass is 263 g/mol. The SMILES string of the molecule is Fc1ccc(F)c(NC2CC3CC2C2CCCC32)c1. The maximum Gasteiger partial charge on any atom is 0.146 e. The molecule has 0 spiro atoms. The molecular weight excluding hydrogens is 244 g/mol. The fourth-order valence-corrected chi connectivity index (χ4v) is 5.04. The Bertz CT molecular complexity index is 502. The third kappa shape index (κ3) is 1.78. The van der Waals surface area contributed by atoms with Gasteiger partial charge >= 0.3 is 0 Å². The van der Waals surface area contributed by atoms with Crippen molar-refractivity contribution < 1.29 is 8.78 Å². The molecule has 0 saturated heterocycles. The van der Waals surface area contributed by atoms with Crippen molar-refractivity contribution in [2.24, 2.45) is 23.7 Å². The number of fused-ring (bicyclic) bond motifs is 5. The molecule has 3 saturated carbocycles.